The minimum absolute atomic E-state index is 0.00968. The van der Waals surface area contributed by atoms with Gasteiger partial charge in [0.2, 0.25) is 0 Å². The summed E-state index contributed by atoms with van der Waals surface area (Å²) in [4.78, 5) is 0. The van der Waals surface area contributed by atoms with E-state index < -0.39 is 19.7 Å². The molecule has 1 aliphatic heterocycles. The third-order valence-electron chi connectivity index (χ3n) is 9.39. The number of aliphatic hydroxyl groups excluding tert-OH is 1. The molecule has 1 saturated heterocycles. The second kappa shape index (κ2) is 8.13. The van der Waals surface area contributed by atoms with Gasteiger partial charge >= 0.3 is 0 Å². The third kappa shape index (κ3) is 3.85. The van der Waals surface area contributed by atoms with Crippen molar-refractivity contribution in [3.05, 3.63) is 0 Å². The van der Waals surface area contributed by atoms with E-state index in [-0.39, 0.29) is 17.1 Å². The first-order valence-corrected chi connectivity index (χ1v) is 15.5. The average molecular weight is 449 g/mol. The molecule has 1 unspecified atom stereocenters. The van der Waals surface area contributed by atoms with E-state index in [1.165, 1.54) is 19.3 Å². The van der Waals surface area contributed by atoms with Crippen molar-refractivity contribution in [1.29, 1.82) is 0 Å². The molecule has 31 heavy (non-hydrogen) atoms. The number of rotatable bonds is 4. The summed E-state index contributed by atoms with van der Waals surface area (Å²) in [6.45, 7) is 17.4. The lowest BCUT2D eigenvalue weighted by atomic mass is 9.49. The third-order valence-corrected chi connectivity index (χ3v) is 13.9. The number of hydrogen-bond acceptors (Lipinski definition) is 4. The summed E-state index contributed by atoms with van der Waals surface area (Å²) in [5.41, 5.74) is -0.419. The SMILES string of the molecule is CCC1[C@H]2[C@H](C#C[C@@](C)(O[Si](C)(C)C(C)(C)C)C3CCC3)[C@@H](O)CC[C@H]2C12OCCO2. The minimum Gasteiger partial charge on any atom is -0.401 e. The highest BCUT2D eigenvalue weighted by Crippen LogP contribution is 2.62. The van der Waals surface area contributed by atoms with Gasteiger partial charge in [0.25, 0.3) is 0 Å². The maximum absolute atomic E-state index is 11.0. The zero-order valence-electron chi connectivity index (χ0n) is 20.8. The van der Waals surface area contributed by atoms with Crippen LogP contribution in [0.15, 0.2) is 0 Å². The zero-order valence-corrected chi connectivity index (χ0v) is 21.8. The Morgan fingerprint density at radius 3 is 2.23 bits per heavy atom. The Labute approximate surface area is 190 Å². The molecule has 0 radical (unpaired) electrons. The molecule has 0 aromatic rings. The van der Waals surface area contributed by atoms with Crippen LogP contribution in [0.2, 0.25) is 18.1 Å². The first-order chi connectivity index (χ1) is 14.5. The Kier molecular flexibility index (Phi) is 6.23. The van der Waals surface area contributed by atoms with Crippen molar-refractivity contribution in [1.82, 2.24) is 0 Å². The normalized spacial score (nSPS) is 37.2. The molecular weight excluding hydrogens is 404 g/mol. The number of ether oxygens (including phenoxy) is 2. The fourth-order valence-corrected chi connectivity index (χ4v) is 7.94. The van der Waals surface area contributed by atoms with Crippen LogP contribution in [-0.2, 0) is 13.9 Å². The smallest absolute Gasteiger partial charge is 0.194 e. The Bertz CT molecular complexity index is 714. The standard InChI is InChI=1S/C26H44O4Si/c1-8-20-23-19(22(27)13-12-21(23)26(20)28-16-17-29-26)14-15-25(5,18-10-9-11-18)30-31(6,7)24(2,3)4/h18-23,27H,8-13,16-17H2,1-7H3/t19-,20?,21-,22+,23-,25-/m1/s1. The lowest BCUT2D eigenvalue weighted by Gasteiger charge is -2.62. The van der Waals surface area contributed by atoms with Crippen LogP contribution in [0, 0.1) is 41.4 Å². The van der Waals surface area contributed by atoms with Crippen LogP contribution >= 0.6 is 0 Å². The maximum atomic E-state index is 11.0. The van der Waals surface area contributed by atoms with Crippen LogP contribution in [0.4, 0.5) is 0 Å². The van der Waals surface area contributed by atoms with Gasteiger partial charge in [0.1, 0.15) is 5.60 Å². The van der Waals surface area contributed by atoms with Gasteiger partial charge in [0.15, 0.2) is 14.1 Å². The summed E-state index contributed by atoms with van der Waals surface area (Å²) in [5.74, 6) is 8.41. The predicted molar refractivity (Wildman–Crippen MR) is 126 cm³/mol. The number of fused-ring (bicyclic) bond motifs is 2. The van der Waals surface area contributed by atoms with Crippen LogP contribution in [0.25, 0.3) is 0 Å². The van der Waals surface area contributed by atoms with Gasteiger partial charge in [-0.05, 0) is 69.0 Å². The van der Waals surface area contributed by atoms with Gasteiger partial charge in [-0.25, -0.2) is 0 Å². The highest BCUT2D eigenvalue weighted by atomic mass is 28.4. The molecule has 1 spiro atoms. The van der Waals surface area contributed by atoms with Crippen LogP contribution in [0.5, 0.6) is 0 Å². The van der Waals surface area contributed by atoms with E-state index in [2.05, 4.69) is 59.6 Å². The van der Waals surface area contributed by atoms with Gasteiger partial charge in [-0.2, -0.15) is 0 Å². The van der Waals surface area contributed by atoms with Gasteiger partial charge in [-0.15, -0.1) is 0 Å². The first kappa shape index (κ1) is 23.8. The molecule has 5 heteroatoms. The maximum Gasteiger partial charge on any atom is 0.194 e. The van der Waals surface area contributed by atoms with Gasteiger partial charge in [-0.3, -0.25) is 0 Å². The second-order valence-corrected chi connectivity index (χ2v) is 16.9. The predicted octanol–water partition coefficient (Wildman–Crippen LogP) is 5.36. The molecule has 176 valence electrons. The average Bonchev–Trinajstić information content (AvgIpc) is 3.10. The monoisotopic (exact) mass is 448 g/mol. The van der Waals surface area contributed by atoms with E-state index in [0.717, 1.165) is 19.3 Å². The molecule has 4 nitrogen and oxygen atoms in total. The van der Waals surface area contributed by atoms with Gasteiger partial charge in [0.05, 0.1) is 25.2 Å². The molecule has 4 fully saturated rings. The van der Waals surface area contributed by atoms with Crippen molar-refractivity contribution in [2.24, 2.45) is 29.6 Å². The molecule has 0 amide bonds. The van der Waals surface area contributed by atoms with Gasteiger partial charge in [0, 0.05) is 11.8 Å². The molecule has 3 aliphatic carbocycles. The quantitative estimate of drug-likeness (QED) is 0.465. The van der Waals surface area contributed by atoms with E-state index in [9.17, 15) is 5.11 Å². The highest BCUT2D eigenvalue weighted by Gasteiger charge is 2.68. The van der Waals surface area contributed by atoms with Crippen molar-refractivity contribution < 1.29 is 19.0 Å². The Hall–Kier alpha value is -0.383. The van der Waals surface area contributed by atoms with E-state index in [4.69, 9.17) is 13.9 Å². The fourth-order valence-electron chi connectivity index (χ4n) is 6.35. The molecule has 1 N–H and O–H groups in total. The first-order valence-electron chi connectivity index (χ1n) is 12.6. The van der Waals surface area contributed by atoms with Crippen molar-refractivity contribution in [2.45, 2.75) is 109 Å². The van der Waals surface area contributed by atoms with Crippen molar-refractivity contribution in [2.75, 3.05) is 13.2 Å². The van der Waals surface area contributed by atoms with Crippen LogP contribution < -0.4 is 0 Å². The highest BCUT2D eigenvalue weighted by molar-refractivity contribution is 6.74. The number of aliphatic hydroxyl groups is 1. The summed E-state index contributed by atoms with van der Waals surface area (Å²) in [6.07, 6.45) is 6.07. The Morgan fingerprint density at radius 1 is 1.06 bits per heavy atom. The fraction of sp³-hybridized carbons (Fsp3) is 0.923. The van der Waals surface area contributed by atoms with Crippen LogP contribution in [0.3, 0.4) is 0 Å². The molecular formula is C26H44O4Si. The zero-order chi connectivity index (χ0) is 22.7. The molecule has 1 heterocycles. The van der Waals surface area contributed by atoms with E-state index in [0.29, 0.717) is 36.9 Å². The minimum atomic E-state index is -1.96. The van der Waals surface area contributed by atoms with Crippen molar-refractivity contribution in [3.8, 4) is 11.8 Å². The Morgan fingerprint density at radius 2 is 1.71 bits per heavy atom. The summed E-state index contributed by atoms with van der Waals surface area (Å²) >= 11 is 0. The van der Waals surface area contributed by atoms with Crippen molar-refractivity contribution in [3.63, 3.8) is 0 Å². The molecule has 4 aliphatic rings. The summed E-state index contributed by atoms with van der Waals surface area (Å²) < 4.78 is 19.3. The molecule has 6 atom stereocenters. The lowest BCUT2D eigenvalue weighted by Crippen LogP contribution is -2.67. The molecule has 0 aromatic carbocycles. The Balaban J connectivity index is 1.61. The van der Waals surface area contributed by atoms with E-state index in [1.807, 2.05) is 0 Å². The van der Waals surface area contributed by atoms with Crippen LogP contribution in [-0.4, -0.2) is 44.1 Å². The summed E-state index contributed by atoms with van der Waals surface area (Å²) in [6, 6.07) is 0. The van der Waals surface area contributed by atoms with Gasteiger partial charge < -0.3 is 19.0 Å². The molecule has 0 bridgehead atoms. The van der Waals surface area contributed by atoms with E-state index >= 15 is 0 Å². The summed E-state index contributed by atoms with van der Waals surface area (Å²) in [7, 11) is -1.96. The topological polar surface area (TPSA) is 47.9 Å². The summed E-state index contributed by atoms with van der Waals surface area (Å²) in [5, 5.41) is 11.1. The largest absolute Gasteiger partial charge is 0.401 e. The van der Waals surface area contributed by atoms with Gasteiger partial charge in [-0.1, -0.05) is 46.0 Å². The molecule has 0 aromatic heterocycles. The number of hydrogen-bond donors (Lipinski definition) is 1. The lowest BCUT2D eigenvalue weighted by molar-refractivity contribution is -0.340. The molecule has 4 rings (SSSR count). The van der Waals surface area contributed by atoms with Crippen molar-refractivity contribution >= 4 is 8.32 Å². The second-order valence-electron chi connectivity index (χ2n) is 12.2. The molecule has 3 saturated carbocycles. The van der Waals surface area contributed by atoms with Crippen LogP contribution in [0.1, 0.15) is 73.1 Å². The van der Waals surface area contributed by atoms with E-state index in [1.54, 1.807) is 0 Å².